The molecule has 1 heteroatoms. The molecule has 1 rings (SSSR count). The molecule has 1 atom stereocenters. The lowest BCUT2D eigenvalue weighted by molar-refractivity contribution is 0.298. The predicted molar refractivity (Wildman–Crippen MR) is 73.1 cm³/mol. The van der Waals surface area contributed by atoms with Crippen LogP contribution in [-0.4, -0.2) is 5.38 Å². The van der Waals surface area contributed by atoms with Crippen LogP contribution in [0.15, 0.2) is 30.3 Å². The molecule has 0 nitrogen and oxygen atoms in total. The smallest absolute Gasteiger partial charge is 0.0312 e. The molecule has 0 aromatic heterocycles. The Morgan fingerprint density at radius 3 is 2.38 bits per heavy atom. The average Bonchev–Trinajstić information content (AvgIpc) is 2.16. The fourth-order valence-electron chi connectivity index (χ4n) is 2.28. The fourth-order valence-corrected chi connectivity index (χ4v) is 2.70. The minimum atomic E-state index is 0.284. The first kappa shape index (κ1) is 13.6. The molecule has 1 aromatic rings. The van der Waals surface area contributed by atoms with Crippen LogP contribution in [0.2, 0.25) is 0 Å². The molecule has 0 aliphatic carbocycles. The van der Waals surface area contributed by atoms with Gasteiger partial charge in [0.1, 0.15) is 0 Å². The quantitative estimate of drug-likeness (QED) is 0.609. The molecule has 0 bridgehead atoms. The van der Waals surface area contributed by atoms with Crippen molar-refractivity contribution in [2.24, 2.45) is 5.41 Å². The minimum Gasteiger partial charge on any atom is -0.123 e. The summed E-state index contributed by atoms with van der Waals surface area (Å²) in [4.78, 5) is 0. The van der Waals surface area contributed by atoms with Gasteiger partial charge in [-0.25, -0.2) is 0 Å². The van der Waals surface area contributed by atoms with Crippen molar-refractivity contribution >= 4 is 11.6 Å². The maximum absolute atomic E-state index is 6.06. The van der Waals surface area contributed by atoms with Crippen LogP contribution in [0, 0.1) is 5.41 Å². The normalized spacial score (nSPS) is 13.8. The Morgan fingerprint density at radius 2 is 1.81 bits per heavy atom. The van der Waals surface area contributed by atoms with Crippen molar-refractivity contribution in [3.8, 4) is 0 Å². The summed E-state index contributed by atoms with van der Waals surface area (Å²) in [5.41, 5.74) is 1.81. The first-order chi connectivity index (χ1) is 7.49. The van der Waals surface area contributed by atoms with Crippen LogP contribution < -0.4 is 0 Å². The second-order valence-corrected chi connectivity index (χ2v) is 6.23. The van der Waals surface area contributed by atoms with E-state index in [0.717, 1.165) is 6.42 Å². The van der Waals surface area contributed by atoms with Gasteiger partial charge in [0, 0.05) is 5.38 Å². The maximum atomic E-state index is 6.06. The van der Waals surface area contributed by atoms with E-state index in [0.29, 0.717) is 5.41 Å². The highest BCUT2D eigenvalue weighted by Gasteiger charge is 2.19. The molecule has 1 unspecified atom stereocenters. The van der Waals surface area contributed by atoms with Gasteiger partial charge in [0.15, 0.2) is 0 Å². The summed E-state index contributed by atoms with van der Waals surface area (Å²) < 4.78 is 0. The van der Waals surface area contributed by atoms with E-state index in [9.17, 15) is 0 Å². The van der Waals surface area contributed by atoms with Gasteiger partial charge in [0.25, 0.3) is 0 Å². The summed E-state index contributed by atoms with van der Waals surface area (Å²) in [6.07, 6.45) is 4.78. The Hall–Kier alpha value is -0.490. The number of hydrogen-bond donors (Lipinski definition) is 0. The van der Waals surface area contributed by atoms with E-state index in [1.54, 1.807) is 0 Å². The van der Waals surface area contributed by atoms with Crippen molar-refractivity contribution in [2.75, 3.05) is 0 Å². The molecule has 0 saturated heterocycles. The molecular weight excluding hydrogens is 216 g/mol. The summed E-state index contributed by atoms with van der Waals surface area (Å²) in [6, 6.07) is 10.7. The Kier molecular flexibility index (Phi) is 5.34. The zero-order chi connectivity index (χ0) is 12.0. The predicted octanol–water partition coefficient (Wildman–Crippen LogP) is 5.05. The molecule has 0 spiro atoms. The molecular formula is C15H23Cl. The van der Waals surface area contributed by atoms with Crippen molar-refractivity contribution in [3.05, 3.63) is 35.9 Å². The third-order valence-corrected chi connectivity index (χ3v) is 3.15. The second-order valence-electron chi connectivity index (χ2n) is 5.49. The molecule has 0 aliphatic heterocycles. The SMILES string of the molecule is CC(Cl)CC(C)(C)CCCc1ccccc1. The Balaban J connectivity index is 2.30. The van der Waals surface area contributed by atoms with E-state index in [2.05, 4.69) is 51.1 Å². The number of benzene rings is 1. The molecule has 0 radical (unpaired) electrons. The first-order valence-corrected chi connectivity index (χ1v) is 6.61. The van der Waals surface area contributed by atoms with Gasteiger partial charge in [0.05, 0.1) is 0 Å². The molecule has 0 aliphatic rings. The van der Waals surface area contributed by atoms with Crippen LogP contribution in [0.5, 0.6) is 0 Å². The van der Waals surface area contributed by atoms with E-state index in [1.165, 1.54) is 24.8 Å². The third kappa shape index (κ3) is 5.55. The Labute approximate surface area is 105 Å². The maximum Gasteiger partial charge on any atom is 0.0312 e. The molecule has 0 N–H and O–H groups in total. The summed E-state index contributed by atoms with van der Waals surface area (Å²) in [5, 5.41) is 0.284. The van der Waals surface area contributed by atoms with Gasteiger partial charge in [-0.3, -0.25) is 0 Å². The highest BCUT2D eigenvalue weighted by atomic mass is 35.5. The van der Waals surface area contributed by atoms with Crippen molar-refractivity contribution in [3.63, 3.8) is 0 Å². The number of aryl methyl sites for hydroxylation is 1. The number of halogens is 1. The van der Waals surface area contributed by atoms with Gasteiger partial charge >= 0.3 is 0 Å². The van der Waals surface area contributed by atoms with Gasteiger partial charge in [-0.15, -0.1) is 11.6 Å². The monoisotopic (exact) mass is 238 g/mol. The van der Waals surface area contributed by atoms with E-state index in [-0.39, 0.29) is 5.38 Å². The fraction of sp³-hybridized carbons (Fsp3) is 0.600. The topological polar surface area (TPSA) is 0 Å². The van der Waals surface area contributed by atoms with Gasteiger partial charge in [0.2, 0.25) is 0 Å². The largest absolute Gasteiger partial charge is 0.123 e. The summed E-state index contributed by atoms with van der Waals surface area (Å²) in [6.45, 7) is 6.72. The molecule has 0 heterocycles. The summed E-state index contributed by atoms with van der Waals surface area (Å²) in [7, 11) is 0. The van der Waals surface area contributed by atoms with Crippen molar-refractivity contribution < 1.29 is 0 Å². The lowest BCUT2D eigenvalue weighted by Gasteiger charge is -2.25. The number of alkyl halides is 1. The standard InChI is InChI=1S/C15H23Cl/c1-13(16)12-15(2,3)11-7-10-14-8-5-4-6-9-14/h4-6,8-9,13H,7,10-12H2,1-3H3. The lowest BCUT2D eigenvalue weighted by atomic mass is 9.82. The van der Waals surface area contributed by atoms with Gasteiger partial charge < -0.3 is 0 Å². The van der Waals surface area contributed by atoms with E-state index in [4.69, 9.17) is 11.6 Å². The molecule has 0 fully saturated rings. The lowest BCUT2D eigenvalue weighted by Crippen LogP contribution is -2.15. The van der Waals surface area contributed by atoms with Crippen LogP contribution in [0.1, 0.15) is 45.6 Å². The van der Waals surface area contributed by atoms with E-state index >= 15 is 0 Å². The highest BCUT2D eigenvalue weighted by molar-refractivity contribution is 6.20. The van der Waals surface area contributed by atoms with Crippen molar-refractivity contribution in [1.29, 1.82) is 0 Å². The van der Waals surface area contributed by atoms with Crippen LogP contribution in [0.4, 0.5) is 0 Å². The first-order valence-electron chi connectivity index (χ1n) is 6.18. The van der Waals surface area contributed by atoms with E-state index in [1.807, 2.05) is 0 Å². The molecule has 1 aromatic carbocycles. The molecule has 0 saturated carbocycles. The van der Waals surface area contributed by atoms with Crippen LogP contribution in [-0.2, 0) is 6.42 Å². The Morgan fingerprint density at radius 1 is 1.19 bits per heavy atom. The number of hydrogen-bond acceptors (Lipinski definition) is 0. The summed E-state index contributed by atoms with van der Waals surface area (Å²) >= 11 is 6.06. The number of rotatable bonds is 6. The second kappa shape index (κ2) is 6.30. The van der Waals surface area contributed by atoms with Crippen LogP contribution >= 0.6 is 11.6 Å². The van der Waals surface area contributed by atoms with Crippen molar-refractivity contribution in [1.82, 2.24) is 0 Å². The summed E-state index contributed by atoms with van der Waals surface area (Å²) in [5.74, 6) is 0. The van der Waals surface area contributed by atoms with Crippen LogP contribution in [0.25, 0.3) is 0 Å². The van der Waals surface area contributed by atoms with Gasteiger partial charge in [-0.05, 0) is 43.6 Å². The van der Waals surface area contributed by atoms with Gasteiger partial charge in [-0.1, -0.05) is 44.2 Å². The molecule has 90 valence electrons. The zero-order valence-corrected chi connectivity index (χ0v) is 11.4. The highest BCUT2D eigenvalue weighted by Crippen LogP contribution is 2.30. The van der Waals surface area contributed by atoms with Gasteiger partial charge in [-0.2, -0.15) is 0 Å². The van der Waals surface area contributed by atoms with Crippen LogP contribution in [0.3, 0.4) is 0 Å². The Bertz CT molecular complexity index is 288. The zero-order valence-electron chi connectivity index (χ0n) is 10.7. The third-order valence-electron chi connectivity index (χ3n) is 3.00. The van der Waals surface area contributed by atoms with E-state index < -0.39 is 0 Å². The molecule has 0 amide bonds. The molecule has 16 heavy (non-hydrogen) atoms. The minimum absolute atomic E-state index is 0.284. The average molecular weight is 239 g/mol. The van der Waals surface area contributed by atoms with Crippen molar-refractivity contribution in [2.45, 2.75) is 51.8 Å².